The number of thiophene rings is 1. The molecule has 4 nitrogen and oxygen atoms in total. The fourth-order valence-electron chi connectivity index (χ4n) is 3.74. The molecule has 2 aliphatic rings. The van der Waals surface area contributed by atoms with Crippen LogP contribution in [0.25, 0.3) is 16.5 Å². The molecule has 2 aromatic rings. The maximum absolute atomic E-state index is 14.0. The second-order valence-corrected chi connectivity index (χ2v) is 9.87. The van der Waals surface area contributed by atoms with E-state index in [4.69, 9.17) is 17.3 Å². The number of carboxylic acids is 1. The minimum absolute atomic E-state index is 0.0405. The quantitative estimate of drug-likeness (QED) is 0.502. The van der Waals surface area contributed by atoms with Crippen molar-refractivity contribution in [1.29, 1.82) is 0 Å². The average Bonchev–Trinajstić information content (AvgIpc) is 3.27. The van der Waals surface area contributed by atoms with Crippen molar-refractivity contribution in [2.24, 2.45) is 5.92 Å². The lowest BCUT2D eigenvalue weighted by molar-refractivity contribution is -0.143. The Labute approximate surface area is 181 Å². The summed E-state index contributed by atoms with van der Waals surface area (Å²) in [5.41, 5.74) is 0.542. The van der Waals surface area contributed by atoms with Gasteiger partial charge in [0, 0.05) is 21.4 Å². The number of hydrogen-bond donors (Lipinski definition) is 1. The number of benzene rings is 1. The van der Waals surface area contributed by atoms with Crippen molar-refractivity contribution < 1.29 is 19.1 Å². The largest absolute Gasteiger partial charge is 0.481 e. The summed E-state index contributed by atoms with van der Waals surface area (Å²) in [7, 11) is 0. The van der Waals surface area contributed by atoms with Crippen LogP contribution in [0, 0.1) is 11.7 Å². The number of carboxylic acid groups (broad SMARTS) is 1. The lowest BCUT2D eigenvalue weighted by Crippen LogP contribution is -2.41. The number of carbonyl (C=O) groups is 2. The van der Waals surface area contributed by atoms with Crippen LogP contribution in [0.5, 0.6) is 0 Å². The van der Waals surface area contributed by atoms with E-state index in [0.717, 1.165) is 9.75 Å². The molecule has 0 spiro atoms. The molecule has 2 fully saturated rings. The van der Waals surface area contributed by atoms with Crippen LogP contribution < -0.4 is 0 Å². The molecule has 2 heterocycles. The minimum atomic E-state index is -0.767. The minimum Gasteiger partial charge on any atom is -0.481 e. The van der Waals surface area contributed by atoms with Crippen molar-refractivity contribution in [3.05, 3.63) is 52.0 Å². The smallest absolute Gasteiger partial charge is 0.306 e. The van der Waals surface area contributed by atoms with Crippen molar-refractivity contribution >= 4 is 57.6 Å². The van der Waals surface area contributed by atoms with Gasteiger partial charge in [-0.05, 0) is 50.0 Å². The molecule has 8 heteroatoms. The molecule has 1 aromatic carbocycles. The molecule has 0 bridgehead atoms. The van der Waals surface area contributed by atoms with Crippen LogP contribution in [0.2, 0.25) is 0 Å². The van der Waals surface area contributed by atoms with Crippen LogP contribution in [0.15, 0.2) is 41.3 Å². The van der Waals surface area contributed by atoms with E-state index in [0.29, 0.717) is 40.5 Å². The highest BCUT2D eigenvalue weighted by molar-refractivity contribution is 8.26. The van der Waals surface area contributed by atoms with Gasteiger partial charge in [0.15, 0.2) is 0 Å². The third-order valence-corrected chi connectivity index (χ3v) is 7.67. The van der Waals surface area contributed by atoms with Gasteiger partial charge in [0.2, 0.25) is 0 Å². The van der Waals surface area contributed by atoms with Gasteiger partial charge in [-0.15, -0.1) is 11.3 Å². The second kappa shape index (κ2) is 8.38. The molecular formula is C21H18FNO3S3. The van der Waals surface area contributed by atoms with Crippen molar-refractivity contribution in [3.8, 4) is 10.4 Å². The first kappa shape index (κ1) is 20.3. The number of amides is 1. The molecule has 1 aliphatic carbocycles. The number of nitrogens with zero attached hydrogens (tertiary/aromatic N) is 1. The first-order valence-corrected chi connectivity index (χ1v) is 11.3. The normalized spacial score (nSPS) is 23.8. The van der Waals surface area contributed by atoms with E-state index in [2.05, 4.69) is 0 Å². The highest BCUT2D eigenvalue weighted by Gasteiger charge is 2.39. The molecule has 0 atom stereocenters. The Bertz CT molecular complexity index is 1010. The molecule has 1 saturated carbocycles. The fourth-order valence-corrected chi connectivity index (χ4v) is 6.19. The standard InChI is InChI=1S/C21H18FNO3S3/c22-16-4-2-1-3-15(16)17-10-9-14(28-17)11-18-19(24)23(21(27)29-18)13-7-5-12(6-8-13)20(25)26/h1-4,9-13H,5-8H2,(H,25,26). The summed E-state index contributed by atoms with van der Waals surface area (Å²) in [5, 5.41) is 9.16. The lowest BCUT2D eigenvalue weighted by Gasteiger charge is -2.32. The SMILES string of the molecule is O=C(O)C1CCC(N2C(=O)C(=Cc3ccc(-c4ccccc4F)s3)SC2=S)CC1. The van der Waals surface area contributed by atoms with Gasteiger partial charge in [-0.2, -0.15) is 0 Å². The van der Waals surface area contributed by atoms with Crippen molar-refractivity contribution in [1.82, 2.24) is 4.90 Å². The van der Waals surface area contributed by atoms with E-state index >= 15 is 0 Å². The zero-order valence-electron chi connectivity index (χ0n) is 15.3. The van der Waals surface area contributed by atoms with Crippen molar-refractivity contribution in [2.75, 3.05) is 0 Å². The van der Waals surface area contributed by atoms with E-state index in [1.807, 2.05) is 12.1 Å². The monoisotopic (exact) mass is 447 g/mol. The van der Waals surface area contributed by atoms with E-state index in [9.17, 15) is 14.0 Å². The van der Waals surface area contributed by atoms with Crippen LogP contribution in [0.1, 0.15) is 30.6 Å². The van der Waals surface area contributed by atoms with Crippen LogP contribution >= 0.6 is 35.3 Å². The Morgan fingerprint density at radius 3 is 2.59 bits per heavy atom. The predicted molar refractivity (Wildman–Crippen MR) is 118 cm³/mol. The topological polar surface area (TPSA) is 57.6 Å². The van der Waals surface area contributed by atoms with Crippen LogP contribution in [-0.2, 0) is 9.59 Å². The summed E-state index contributed by atoms with van der Waals surface area (Å²) >= 11 is 8.13. The third-order valence-electron chi connectivity index (χ3n) is 5.27. The molecular weight excluding hydrogens is 429 g/mol. The molecule has 1 aliphatic heterocycles. The zero-order chi connectivity index (χ0) is 20.5. The Morgan fingerprint density at radius 1 is 1.17 bits per heavy atom. The van der Waals surface area contributed by atoms with Gasteiger partial charge < -0.3 is 5.11 Å². The number of thioether (sulfide) groups is 1. The summed E-state index contributed by atoms with van der Waals surface area (Å²) in [6, 6.07) is 10.3. The van der Waals surface area contributed by atoms with Crippen LogP contribution in [0.4, 0.5) is 4.39 Å². The first-order valence-electron chi connectivity index (χ1n) is 9.28. The maximum Gasteiger partial charge on any atom is 0.306 e. The Hall–Kier alpha value is -2.03. The van der Waals surface area contributed by atoms with Crippen LogP contribution in [-0.4, -0.2) is 32.2 Å². The highest BCUT2D eigenvalue weighted by atomic mass is 32.2. The van der Waals surface area contributed by atoms with E-state index in [-0.39, 0.29) is 23.7 Å². The number of carbonyl (C=O) groups excluding carboxylic acids is 1. The molecule has 29 heavy (non-hydrogen) atoms. The Balaban J connectivity index is 1.50. The average molecular weight is 448 g/mol. The van der Waals surface area contributed by atoms with Crippen molar-refractivity contribution in [3.63, 3.8) is 0 Å². The molecule has 1 amide bonds. The van der Waals surface area contributed by atoms with Gasteiger partial charge in [0.1, 0.15) is 10.1 Å². The van der Waals surface area contributed by atoms with Gasteiger partial charge in [-0.1, -0.05) is 42.2 Å². The molecule has 1 aromatic heterocycles. The second-order valence-electron chi connectivity index (χ2n) is 7.08. The molecule has 1 saturated heterocycles. The fraction of sp³-hybridized carbons (Fsp3) is 0.286. The van der Waals surface area contributed by atoms with E-state index < -0.39 is 5.97 Å². The molecule has 1 N–H and O–H groups in total. The van der Waals surface area contributed by atoms with Crippen molar-refractivity contribution in [2.45, 2.75) is 31.7 Å². The van der Waals surface area contributed by atoms with Crippen LogP contribution in [0.3, 0.4) is 0 Å². The number of hydrogen-bond acceptors (Lipinski definition) is 5. The van der Waals surface area contributed by atoms with Gasteiger partial charge in [-0.25, -0.2) is 4.39 Å². The number of aliphatic carboxylic acids is 1. The van der Waals surface area contributed by atoms with E-state index in [1.54, 1.807) is 29.2 Å². The predicted octanol–water partition coefficient (Wildman–Crippen LogP) is 5.40. The first-order chi connectivity index (χ1) is 13.9. The molecule has 150 valence electrons. The lowest BCUT2D eigenvalue weighted by atomic mass is 9.85. The summed E-state index contributed by atoms with van der Waals surface area (Å²) in [4.78, 5) is 28.0. The third kappa shape index (κ3) is 4.15. The summed E-state index contributed by atoms with van der Waals surface area (Å²) in [6.45, 7) is 0. The number of halogens is 1. The number of thiocarbonyl (C=S) groups is 1. The van der Waals surface area contributed by atoms with Gasteiger partial charge >= 0.3 is 5.97 Å². The summed E-state index contributed by atoms with van der Waals surface area (Å²) < 4.78 is 14.5. The zero-order valence-corrected chi connectivity index (χ0v) is 17.8. The maximum atomic E-state index is 14.0. The molecule has 0 radical (unpaired) electrons. The Kier molecular flexibility index (Phi) is 5.85. The highest BCUT2D eigenvalue weighted by Crippen LogP contribution is 2.39. The molecule has 4 rings (SSSR count). The van der Waals surface area contributed by atoms with Gasteiger partial charge in [0.05, 0.1) is 10.8 Å². The Morgan fingerprint density at radius 2 is 1.90 bits per heavy atom. The summed E-state index contributed by atoms with van der Waals surface area (Å²) in [6.07, 6.45) is 4.22. The summed E-state index contributed by atoms with van der Waals surface area (Å²) in [5.74, 6) is -1.50. The van der Waals surface area contributed by atoms with Gasteiger partial charge in [0.25, 0.3) is 5.91 Å². The molecule has 0 unspecified atom stereocenters. The van der Waals surface area contributed by atoms with E-state index in [1.165, 1.54) is 29.2 Å². The van der Waals surface area contributed by atoms with Gasteiger partial charge in [-0.3, -0.25) is 14.5 Å². The number of rotatable bonds is 4.